The van der Waals surface area contributed by atoms with Gasteiger partial charge in [-0.15, -0.1) is 0 Å². The first-order valence-electron chi connectivity index (χ1n) is 4.57. The van der Waals surface area contributed by atoms with Gasteiger partial charge in [-0.3, -0.25) is 5.10 Å². The van der Waals surface area contributed by atoms with Gasteiger partial charge in [0.2, 0.25) is 0 Å². The Morgan fingerprint density at radius 2 is 2.53 bits per heavy atom. The molecule has 0 saturated heterocycles. The van der Waals surface area contributed by atoms with E-state index in [0.717, 1.165) is 0 Å². The number of nitrogens with one attached hydrogen (secondary N) is 1. The Morgan fingerprint density at radius 3 is 3.20 bits per heavy atom. The molecule has 0 saturated carbocycles. The van der Waals surface area contributed by atoms with Gasteiger partial charge in [0.05, 0.1) is 24.6 Å². The fraction of sp³-hybridized carbons (Fsp3) is 0.200. The number of rotatable bonds is 3. The average molecular weight is 206 g/mol. The molecule has 5 nitrogen and oxygen atoms in total. The van der Waals surface area contributed by atoms with Gasteiger partial charge in [-0.05, 0) is 19.1 Å². The number of aromatic amines is 1. The number of ether oxygens (including phenoxy) is 1. The molecule has 0 unspecified atom stereocenters. The number of furan rings is 1. The third-order valence-electron chi connectivity index (χ3n) is 1.91. The highest BCUT2D eigenvalue weighted by Crippen LogP contribution is 2.22. The van der Waals surface area contributed by atoms with Gasteiger partial charge in [0.25, 0.3) is 0 Å². The Labute approximate surface area is 86.0 Å². The van der Waals surface area contributed by atoms with Gasteiger partial charge in [-0.2, -0.15) is 5.10 Å². The average Bonchev–Trinajstić information content (AvgIpc) is 2.88. The van der Waals surface area contributed by atoms with E-state index in [1.54, 1.807) is 19.1 Å². The molecule has 1 N–H and O–H groups in total. The number of carbonyl (C=O) groups excluding carboxylic acids is 1. The zero-order chi connectivity index (χ0) is 10.7. The molecule has 0 aliphatic carbocycles. The molecule has 0 radical (unpaired) electrons. The molecule has 0 bridgehead atoms. The van der Waals surface area contributed by atoms with Crippen molar-refractivity contribution < 1.29 is 13.9 Å². The highest BCUT2D eigenvalue weighted by molar-refractivity contribution is 5.94. The second-order valence-electron chi connectivity index (χ2n) is 2.86. The minimum absolute atomic E-state index is 0.312. The number of carbonyl (C=O) groups is 1. The number of esters is 1. The molecule has 2 aromatic heterocycles. The smallest absolute Gasteiger partial charge is 0.357 e. The monoisotopic (exact) mass is 206 g/mol. The van der Waals surface area contributed by atoms with E-state index in [1.807, 2.05) is 0 Å². The third-order valence-corrected chi connectivity index (χ3v) is 1.91. The molecule has 0 fully saturated rings. The molecule has 2 heterocycles. The summed E-state index contributed by atoms with van der Waals surface area (Å²) in [5.74, 6) is 0.160. The fourth-order valence-electron chi connectivity index (χ4n) is 1.26. The van der Waals surface area contributed by atoms with Gasteiger partial charge in [0.1, 0.15) is 5.76 Å². The van der Waals surface area contributed by atoms with Gasteiger partial charge in [-0.25, -0.2) is 4.79 Å². The first-order valence-corrected chi connectivity index (χ1v) is 4.57. The molecule has 0 aromatic carbocycles. The van der Waals surface area contributed by atoms with Crippen LogP contribution in [0.1, 0.15) is 17.4 Å². The van der Waals surface area contributed by atoms with Gasteiger partial charge in [0, 0.05) is 0 Å². The zero-order valence-electron chi connectivity index (χ0n) is 8.19. The Morgan fingerprint density at radius 1 is 1.67 bits per heavy atom. The third kappa shape index (κ3) is 1.76. The van der Waals surface area contributed by atoms with Crippen molar-refractivity contribution in [1.82, 2.24) is 10.2 Å². The topological polar surface area (TPSA) is 68.1 Å². The van der Waals surface area contributed by atoms with Crippen molar-refractivity contribution in [2.45, 2.75) is 6.92 Å². The quantitative estimate of drug-likeness (QED) is 0.778. The molecular weight excluding hydrogens is 196 g/mol. The van der Waals surface area contributed by atoms with E-state index in [0.29, 0.717) is 23.6 Å². The minimum Gasteiger partial charge on any atom is -0.464 e. The van der Waals surface area contributed by atoms with Crippen LogP contribution in [0.15, 0.2) is 29.0 Å². The van der Waals surface area contributed by atoms with E-state index in [4.69, 9.17) is 9.15 Å². The maximum Gasteiger partial charge on any atom is 0.357 e. The van der Waals surface area contributed by atoms with Crippen LogP contribution in [0.3, 0.4) is 0 Å². The summed E-state index contributed by atoms with van der Waals surface area (Å²) in [6.07, 6.45) is 3.07. The van der Waals surface area contributed by atoms with Gasteiger partial charge < -0.3 is 9.15 Å². The number of H-pyrrole nitrogens is 1. The summed E-state index contributed by atoms with van der Waals surface area (Å²) in [6.45, 7) is 2.08. The van der Waals surface area contributed by atoms with Gasteiger partial charge >= 0.3 is 5.97 Å². The number of nitrogens with zero attached hydrogens (tertiary/aromatic N) is 1. The van der Waals surface area contributed by atoms with E-state index in [9.17, 15) is 4.79 Å². The van der Waals surface area contributed by atoms with E-state index in [2.05, 4.69) is 10.2 Å². The van der Waals surface area contributed by atoms with Gasteiger partial charge in [0.15, 0.2) is 5.69 Å². The second kappa shape index (κ2) is 4.00. The largest absolute Gasteiger partial charge is 0.464 e. The van der Waals surface area contributed by atoms with Crippen LogP contribution in [-0.4, -0.2) is 22.8 Å². The molecular formula is C10H10N2O3. The Balaban J connectivity index is 2.34. The molecule has 15 heavy (non-hydrogen) atoms. The van der Waals surface area contributed by atoms with E-state index < -0.39 is 5.97 Å². The van der Waals surface area contributed by atoms with Crippen molar-refractivity contribution in [2.75, 3.05) is 6.61 Å². The van der Waals surface area contributed by atoms with Crippen molar-refractivity contribution in [3.63, 3.8) is 0 Å². The Bertz CT molecular complexity index is 445. The summed E-state index contributed by atoms with van der Waals surface area (Å²) in [5.41, 5.74) is 0.922. The van der Waals surface area contributed by atoms with Crippen LogP contribution in [-0.2, 0) is 4.74 Å². The Hall–Kier alpha value is -2.04. The predicted molar refractivity (Wildman–Crippen MR) is 52.2 cm³/mol. The summed E-state index contributed by atoms with van der Waals surface area (Å²) in [6, 6.07) is 3.50. The second-order valence-corrected chi connectivity index (χ2v) is 2.86. The van der Waals surface area contributed by atoms with E-state index in [-0.39, 0.29) is 0 Å². The lowest BCUT2D eigenvalue weighted by Gasteiger charge is -2.00. The lowest BCUT2D eigenvalue weighted by Crippen LogP contribution is -2.06. The maximum atomic E-state index is 11.5. The molecule has 2 rings (SSSR count). The standard InChI is InChI=1S/C10H10N2O3/c1-2-14-10(13)9-7(6-11-12-9)8-4-3-5-15-8/h3-6H,2H2,1H3,(H,11,12). The molecule has 78 valence electrons. The zero-order valence-corrected chi connectivity index (χ0v) is 8.19. The molecule has 0 atom stereocenters. The van der Waals surface area contributed by atoms with Crippen LogP contribution < -0.4 is 0 Å². The molecule has 0 aliphatic rings. The van der Waals surface area contributed by atoms with Crippen LogP contribution in [0.2, 0.25) is 0 Å². The van der Waals surface area contributed by atoms with Crippen molar-refractivity contribution >= 4 is 5.97 Å². The molecule has 2 aromatic rings. The van der Waals surface area contributed by atoms with Crippen LogP contribution in [0.4, 0.5) is 0 Å². The van der Waals surface area contributed by atoms with Crippen molar-refractivity contribution in [2.24, 2.45) is 0 Å². The van der Waals surface area contributed by atoms with Crippen molar-refractivity contribution in [3.05, 3.63) is 30.3 Å². The summed E-state index contributed by atoms with van der Waals surface area (Å²) >= 11 is 0. The number of aromatic nitrogens is 2. The SMILES string of the molecule is CCOC(=O)c1[nH]ncc1-c1ccco1. The fourth-order valence-corrected chi connectivity index (χ4v) is 1.26. The predicted octanol–water partition coefficient (Wildman–Crippen LogP) is 1.85. The van der Waals surface area contributed by atoms with E-state index in [1.165, 1.54) is 12.5 Å². The summed E-state index contributed by atoms with van der Waals surface area (Å²) in [7, 11) is 0. The summed E-state index contributed by atoms with van der Waals surface area (Å²) in [4.78, 5) is 11.5. The highest BCUT2D eigenvalue weighted by atomic mass is 16.5. The van der Waals surface area contributed by atoms with Crippen LogP contribution >= 0.6 is 0 Å². The molecule has 5 heteroatoms. The Kier molecular flexibility index (Phi) is 2.53. The number of hydrogen-bond acceptors (Lipinski definition) is 4. The number of hydrogen-bond donors (Lipinski definition) is 1. The van der Waals surface area contributed by atoms with Crippen molar-refractivity contribution in [3.8, 4) is 11.3 Å². The first-order chi connectivity index (χ1) is 7.33. The molecule has 0 spiro atoms. The minimum atomic E-state index is -0.429. The van der Waals surface area contributed by atoms with Crippen molar-refractivity contribution in [1.29, 1.82) is 0 Å². The maximum absolute atomic E-state index is 11.5. The lowest BCUT2D eigenvalue weighted by atomic mass is 10.2. The first kappa shape index (κ1) is 9.51. The van der Waals surface area contributed by atoms with Crippen LogP contribution in [0.5, 0.6) is 0 Å². The molecule has 0 amide bonds. The van der Waals surface area contributed by atoms with Crippen LogP contribution in [0, 0.1) is 0 Å². The van der Waals surface area contributed by atoms with Crippen LogP contribution in [0.25, 0.3) is 11.3 Å². The lowest BCUT2D eigenvalue weighted by molar-refractivity contribution is 0.0520. The summed E-state index contributed by atoms with van der Waals surface area (Å²) in [5, 5.41) is 6.39. The van der Waals surface area contributed by atoms with Gasteiger partial charge in [-0.1, -0.05) is 0 Å². The highest BCUT2D eigenvalue weighted by Gasteiger charge is 2.17. The molecule has 0 aliphatic heterocycles. The summed E-state index contributed by atoms with van der Waals surface area (Å²) < 4.78 is 10.1. The van der Waals surface area contributed by atoms with E-state index >= 15 is 0 Å². The normalized spacial score (nSPS) is 10.2.